The van der Waals surface area contributed by atoms with Crippen molar-refractivity contribution in [1.29, 1.82) is 0 Å². The standard InChI is InChI=1S/C22H25FN6O2/c1-22(24)12-30-20(31-13-22)19-27-17(14-4-6-15(23)7-5-14)18(28-19)16-8-9-25-21(26-16)29-10-2-3-11-29/h4-9,20H,2-3,10-13,24H2,1H3,(H,27,28). The van der Waals surface area contributed by atoms with Crippen molar-refractivity contribution in [3.63, 3.8) is 0 Å². The smallest absolute Gasteiger partial charge is 0.225 e. The molecule has 0 atom stereocenters. The molecule has 31 heavy (non-hydrogen) atoms. The quantitative estimate of drug-likeness (QED) is 0.664. The Morgan fingerprint density at radius 2 is 1.81 bits per heavy atom. The van der Waals surface area contributed by atoms with Crippen LogP contribution >= 0.6 is 0 Å². The molecule has 2 saturated heterocycles. The van der Waals surface area contributed by atoms with Gasteiger partial charge in [-0.25, -0.2) is 19.3 Å². The fourth-order valence-corrected chi connectivity index (χ4v) is 3.84. The summed E-state index contributed by atoms with van der Waals surface area (Å²) in [5.41, 5.74) is 8.37. The van der Waals surface area contributed by atoms with Gasteiger partial charge in [-0.1, -0.05) is 0 Å². The first kappa shape index (κ1) is 20.0. The highest BCUT2D eigenvalue weighted by molar-refractivity contribution is 5.77. The zero-order chi connectivity index (χ0) is 21.4. The lowest BCUT2D eigenvalue weighted by molar-refractivity contribution is -0.211. The van der Waals surface area contributed by atoms with Crippen molar-refractivity contribution in [3.8, 4) is 22.6 Å². The second-order valence-electron chi connectivity index (χ2n) is 8.40. The minimum absolute atomic E-state index is 0.305. The molecule has 0 spiro atoms. The predicted octanol–water partition coefficient (Wildman–Crippen LogP) is 3.04. The van der Waals surface area contributed by atoms with E-state index < -0.39 is 11.8 Å². The third-order valence-corrected chi connectivity index (χ3v) is 5.48. The molecule has 1 aromatic carbocycles. The number of nitrogens with zero attached hydrogens (tertiary/aromatic N) is 4. The normalized spacial score (nSPS) is 24.0. The molecule has 0 radical (unpaired) electrons. The van der Waals surface area contributed by atoms with Gasteiger partial charge in [0, 0.05) is 24.8 Å². The molecule has 2 fully saturated rings. The SMILES string of the molecule is CC1(N)COC(c2nc(-c3ccc(F)cc3)c(-c3ccnc(N4CCCC4)n3)[nH]2)OC1. The Morgan fingerprint density at radius 1 is 1.10 bits per heavy atom. The lowest BCUT2D eigenvalue weighted by atomic mass is 10.1. The first-order valence-corrected chi connectivity index (χ1v) is 10.4. The third-order valence-electron chi connectivity index (χ3n) is 5.48. The highest BCUT2D eigenvalue weighted by Gasteiger charge is 2.32. The Balaban J connectivity index is 1.54. The first-order chi connectivity index (χ1) is 15.0. The fourth-order valence-electron chi connectivity index (χ4n) is 3.84. The van der Waals surface area contributed by atoms with E-state index in [1.54, 1.807) is 18.3 Å². The number of rotatable bonds is 4. The topological polar surface area (TPSA) is 102 Å². The predicted molar refractivity (Wildman–Crippen MR) is 114 cm³/mol. The van der Waals surface area contributed by atoms with E-state index in [-0.39, 0.29) is 5.82 Å². The van der Waals surface area contributed by atoms with Gasteiger partial charge in [-0.3, -0.25) is 0 Å². The molecule has 3 N–H and O–H groups in total. The summed E-state index contributed by atoms with van der Waals surface area (Å²) in [6.07, 6.45) is 3.36. The molecule has 2 aromatic heterocycles. The number of nitrogens with two attached hydrogens (primary N) is 1. The fraction of sp³-hybridized carbons (Fsp3) is 0.409. The zero-order valence-electron chi connectivity index (χ0n) is 17.3. The Labute approximate surface area is 179 Å². The zero-order valence-corrected chi connectivity index (χ0v) is 17.3. The molecular formula is C22H25FN6O2. The third kappa shape index (κ3) is 4.16. The van der Waals surface area contributed by atoms with Gasteiger partial charge < -0.3 is 25.1 Å². The summed E-state index contributed by atoms with van der Waals surface area (Å²) in [5.74, 6) is 0.909. The van der Waals surface area contributed by atoms with Crippen LogP contribution in [0.15, 0.2) is 36.5 Å². The van der Waals surface area contributed by atoms with Crippen LogP contribution < -0.4 is 10.6 Å². The van der Waals surface area contributed by atoms with Crippen LogP contribution in [0.1, 0.15) is 31.9 Å². The van der Waals surface area contributed by atoms with Gasteiger partial charge in [-0.15, -0.1) is 0 Å². The van der Waals surface area contributed by atoms with Gasteiger partial charge in [0.15, 0.2) is 5.82 Å². The Hall–Kier alpha value is -2.88. The number of halogens is 1. The molecule has 0 unspecified atom stereocenters. The van der Waals surface area contributed by atoms with E-state index >= 15 is 0 Å². The van der Waals surface area contributed by atoms with Gasteiger partial charge in [0.2, 0.25) is 12.2 Å². The van der Waals surface area contributed by atoms with Crippen LogP contribution in [-0.2, 0) is 9.47 Å². The highest BCUT2D eigenvalue weighted by atomic mass is 19.1. The van der Waals surface area contributed by atoms with E-state index in [2.05, 4.69) is 14.9 Å². The van der Waals surface area contributed by atoms with Crippen molar-refractivity contribution in [2.45, 2.75) is 31.6 Å². The Kier molecular flexibility index (Phi) is 5.17. The first-order valence-electron chi connectivity index (χ1n) is 10.4. The summed E-state index contributed by atoms with van der Waals surface area (Å²) in [5, 5.41) is 0. The van der Waals surface area contributed by atoms with Gasteiger partial charge in [0.25, 0.3) is 0 Å². The van der Waals surface area contributed by atoms with Crippen LogP contribution in [0.25, 0.3) is 22.6 Å². The van der Waals surface area contributed by atoms with Crippen molar-refractivity contribution in [2.24, 2.45) is 5.73 Å². The van der Waals surface area contributed by atoms with Crippen molar-refractivity contribution in [3.05, 3.63) is 48.2 Å². The van der Waals surface area contributed by atoms with E-state index in [0.717, 1.165) is 31.5 Å². The van der Waals surface area contributed by atoms with E-state index in [0.29, 0.717) is 42.1 Å². The van der Waals surface area contributed by atoms with E-state index in [1.165, 1.54) is 12.1 Å². The maximum Gasteiger partial charge on any atom is 0.225 e. The molecule has 3 aromatic rings. The monoisotopic (exact) mass is 424 g/mol. The number of aromatic amines is 1. The van der Waals surface area contributed by atoms with Gasteiger partial charge in [-0.05, 0) is 50.1 Å². The number of nitrogens with one attached hydrogen (secondary N) is 1. The number of aromatic nitrogens is 4. The van der Waals surface area contributed by atoms with Crippen molar-refractivity contribution >= 4 is 5.95 Å². The van der Waals surface area contributed by atoms with E-state index in [1.807, 2.05) is 13.0 Å². The number of hydrogen-bond donors (Lipinski definition) is 2. The molecule has 0 saturated carbocycles. The second-order valence-corrected chi connectivity index (χ2v) is 8.40. The van der Waals surface area contributed by atoms with Crippen molar-refractivity contribution in [2.75, 3.05) is 31.2 Å². The number of hydrogen-bond acceptors (Lipinski definition) is 7. The largest absolute Gasteiger partial charge is 0.344 e. The van der Waals surface area contributed by atoms with Crippen LogP contribution in [0, 0.1) is 5.82 Å². The molecule has 0 aliphatic carbocycles. The Morgan fingerprint density at radius 3 is 2.52 bits per heavy atom. The molecule has 9 heteroatoms. The van der Waals surface area contributed by atoms with Crippen LogP contribution in [0.3, 0.4) is 0 Å². The summed E-state index contributed by atoms with van der Waals surface area (Å²) < 4.78 is 25.1. The van der Waals surface area contributed by atoms with Crippen molar-refractivity contribution in [1.82, 2.24) is 19.9 Å². The highest BCUT2D eigenvalue weighted by Crippen LogP contribution is 2.34. The summed E-state index contributed by atoms with van der Waals surface area (Å²) in [7, 11) is 0. The molecule has 2 aliphatic rings. The molecule has 162 valence electrons. The average Bonchev–Trinajstić information content (AvgIpc) is 3.45. The summed E-state index contributed by atoms with van der Waals surface area (Å²) in [6.45, 7) is 4.48. The number of ether oxygens (including phenoxy) is 2. The van der Waals surface area contributed by atoms with Gasteiger partial charge in [0.1, 0.15) is 5.82 Å². The minimum atomic E-state index is -0.663. The molecule has 4 heterocycles. The minimum Gasteiger partial charge on any atom is -0.344 e. The molecule has 8 nitrogen and oxygen atoms in total. The lowest BCUT2D eigenvalue weighted by Crippen LogP contribution is -2.50. The van der Waals surface area contributed by atoms with Gasteiger partial charge >= 0.3 is 0 Å². The van der Waals surface area contributed by atoms with E-state index in [4.69, 9.17) is 25.2 Å². The Bertz CT molecular complexity index is 1050. The van der Waals surface area contributed by atoms with Gasteiger partial charge in [0.05, 0.1) is 35.8 Å². The number of H-pyrrole nitrogens is 1. The maximum absolute atomic E-state index is 13.5. The molecular weight excluding hydrogens is 399 g/mol. The molecule has 0 bridgehead atoms. The summed E-state index contributed by atoms with van der Waals surface area (Å²) in [6, 6.07) is 8.05. The molecule has 5 rings (SSSR count). The lowest BCUT2D eigenvalue weighted by Gasteiger charge is -2.33. The van der Waals surface area contributed by atoms with E-state index in [9.17, 15) is 4.39 Å². The maximum atomic E-state index is 13.5. The summed E-state index contributed by atoms with van der Waals surface area (Å²) in [4.78, 5) is 19.5. The van der Waals surface area contributed by atoms with Crippen molar-refractivity contribution < 1.29 is 13.9 Å². The number of benzene rings is 1. The van der Waals surface area contributed by atoms with Gasteiger partial charge in [-0.2, -0.15) is 0 Å². The van der Waals surface area contributed by atoms with Crippen LogP contribution in [-0.4, -0.2) is 51.8 Å². The number of anilines is 1. The van der Waals surface area contributed by atoms with Crippen LogP contribution in [0.5, 0.6) is 0 Å². The second kappa shape index (κ2) is 7.99. The van der Waals surface area contributed by atoms with Crippen LogP contribution in [0.4, 0.5) is 10.3 Å². The van der Waals surface area contributed by atoms with Crippen LogP contribution in [0.2, 0.25) is 0 Å². The summed E-state index contributed by atoms with van der Waals surface area (Å²) >= 11 is 0. The molecule has 2 aliphatic heterocycles. The molecule has 0 amide bonds. The number of imidazole rings is 1. The average molecular weight is 424 g/mol.